The fraction of sp³-hybridized carbons (Fsp3) is 0.190. The Morgan fingerprint density at radius 2 is 2.06 bits per heavy atom. The minimum absolute atomic E-state index is 0.184. The SMILES string of the molecule is Cc1cc(C(=O)Nc2nc3c(s2)CN(C(=O)c2cc(-c4ccc(F)cc4)n[nH]2)CC3)no1. The van der Waals surface area contributed by atoms with Gasteiger partial charge in [0.05, 0.1) is 17.9 Å². The molecule has 1 aliphatic heterocycles. The second kappa shape index (κ2) is 8.00. The van der Waals surface area contributed by atoms with Crippen molar-refractivity contribution in [1.82, 2.24) is 25.2 Å². The van der Waals surface area contributed by atoms with Gasteiger partial charge in [-0.05, 0) is 37.3 Å². The summed E-state index contributed by atoms with van der Waals surface area (Å²) in [5.41, 5.74) is 2.68. The Morgan fingerprint density at radius 3 is 2.81 bits per heavy atom. The normalized spacial score (nSPS) is 13.1. The van der Waals surface area contributed by atoms with E-state index in [1.165, 1.54) is 23.5 Å². The zero-order valence-corrected chi connectivity index (χ0v) is 17.7. The molecule has 0 unspecified atom stereocenters. The second-order valence-electron chi connectivity index (χ2n) is 7.32. The molecule has 0 saturated carbocycles. The van der Waals surface area contributed by atoms with E-state index >= 15 is 0 Å². The van der Waals surface area contributed by atoms with E-state index in [0.717, 1.165) is 10.6 Å². The average Bonchev–Trinajstić information content (AvgIpc) is 3.52. The number of nitrogens with one attached hydrogen (secondary N) is 2. The van der Waals surface area contributed by atoms with E-state index in [1.54, 1.807) is 36.1 Å². The molecule has 9 nitrogen and oxygen atoms in total. The first kappa shape index (κ1) is 20.1. The monoisotopic (exact) mass is 452 g/mol. The van der Waals surface area contributed by atoms with Crippen LogP contribution in [0.4, 0.5) is 9.52 Å². The van der Waals surface area contributed by atoms with Gasteiger partial charge in [0.2, 0.25) is 0 Å². The number of benzene rings is 1. The Kier molecular flexibility index (Phi) is 5.02. The van der Waals surface area contributed by atoms with Crippen LogP contribution in [0.3, 0.4) is 0 Å². The third-order valence-electron chi connectivity index (χ3n) is 5.05. The summed E-state index contributed by atoms with van der Waals surface area (Å²) in [5.74, 6) is -0.370. The van der Waals surface area contributed by atoms with E-state index in [4.69, 9.17) is 4.52 Å². The molecule has 2 N–H and O–H groups in total. The summed E-state index contributed by atoms with van der Waals surface area (Å²) in [6, 6.07) is 9.13. The number of carbonyl (C=O) groups excluding carboxylic acids is 2. The maximum Gasteiger partial charge on any atom is 0.279 e. The van der Waals surface area contributed by atoms with Gasteiger partial charge in [0.1, 0.15) is 17.3 Å². The van der Waals surface area contributed by atoms with Gasteiger partial charge in [0, 0.05) is 29.5 Å². The quantitative estimate of drug-likeness (QED) is 0.490. The van der Waals surface area contributed by atoms with Gasteiger partial charge in [0.25, 0.3) is 11.8 Å². The van der Waals surface area contributed by atoms with Crippen molar-refractivity contribution in [3.05, 3.63) is 69.9 Å². The molecule has 162 valence electrons. The molecule has 0 saturated heterocycles. The molecule has 32 heavy (non-hydrogen) atoms. The van der Waals surface area contributed by atoms with Gasteiger partial charge in [0.15, 0.2) is 10.8 Å². The zero-order chi connectivity index (χ0) is 22.2. The van der Waals surface area contributed by atoms with Crippen LogP contribution in [0.25, 0.3) is 11.3 Å². The van der Waals surface area contributed by atoms with Crippen LogP contribution in [-0.2, 0) is 13.0 Å². The topological polar surface area (TPSA) is 117 Å². The van der Waals surface area contributed by atoms with Gasteiger partial charge < -0.3 is 9.42 Å². The third kappa shape index (κ3) is 3.89. The maximum absolute atomic E-state index is 13.1. The number of aromatic amines is 1. The van der Waals surface area contributed by atoms with Crippen molar-refractivity contribution in [3.63, 3.8) is 0 Å². The average molecular weight is 452 g/mol. The highest BCUT2D eigenvalue weighted by atomic mass is 32.1. The van der Waals surface area contributed by atoms with Crippen molar-refractivity contribution in [1.29, 1.82) is 0 Å². The number of amides is 2. The van der Waals surface area contributed by atoms with Gasteiger partial charge in [-0.25, -0.2) is 9.37 Å². The smallest absolute Gasteiger partial charge is 0.279 e. The molecule has 0 fully saturated rings. The number of anilines is 1. The Balaban J connectivity index is 1.27. The van der Waals surface area contributed by atoms with E-state index in [0.29, 0.717) is 47.4 Å². The number of thiazole rings is 1. The number of hydrogen-bond acceptors (Lipinski definition) is 7. The molecular weight excluding hydrogens is 435 g/mol. The summed E-state index contributed by atoms with van der Waals surface area (Å²) in [6.07, 6.45) is 0.579. The van der Waals surface area contributed by atoms with Gasteiger partial charge in [-0.3, -0.25) is 20.0 Å². The summed E-state index contributed by atoms with van der Waals surface area (Å²) in [5, 5.41) is 13.8. The highest BCUT2D eigenvalue weighted by Crippen LogP contribution is 2.29. The Morgan fingerprint density at radius 1 is 1.25 bits per heavy atom. The first-order valence-corrected chi connectivity index (χ1v) is 10.6. The molecule has 3 aromatic heterocycles. The third-order valence-corrected chi connectivity index (χ3v) is 6.05. The fourth-order valence-corrected chi connectivity index (χ4v) is 4.45. The van der Waals surface area contributed by atoms with Crippen LogP contribution in [0.2, 0.25) is 0 Å². The molecule has 11 heteroatoms. The van der Waals surface area contributed by atoms with Crippen molar-refractivity contribution in [3.8, 4) is 11.3 Å². The van der Waals surface area contributed by atoms with Gasteiger partial charge in [-0.1, -0.05) is 16.5 Å². The number of aryl methyl sites for hydroxylation is 1. The molecule has 1 aliphatic rings. The van der Waals surface area contributed by atoms with Gasteiger partial charge in [-0.15, -0.1) is 0 Å². The number of rotatable bonds is 4. The number of hydrogen-bond donors (Lipinski definition) is 2. The van der Waals surface area contributed by atoms with E-state index in [9.17, 15) is 14.0 Å². The zero-order valence-electron chi connectivity index (χ0n) is 16.9. The molecule has 0 spiro atoms. The molecule has 0 atom stereocenters. The molecule has 2 amide bonds. The highest BCUT2D eigenvalue weighted by molar-refractivity contribution is 7.15. The lowest BCUT2D eigenvalue weighted by Crippen LogP contribution is -2.35. The van der Waals surface area contributed by atoms with E-state index in [1.807, 2.05) is 0 Å². The molecule has 4 aromatic rings. The van der Waals surface area contributed by atoms with Crippen molar-refractivity contribution < 1.29 is 18.5 Å². The molecule has 5 rings (SSSR count). The second-order valence-corrected chi connectivity index (χ2v) is 8.40. The van der Waals surface area contributed by atoms with Gasteiger partial charge in [-0.2, -0.15) is 5.10 Å². The molecule has 4 heterocycles. The van der Waals surface area contributed by atoms with Crippen LogP contribution < -0.4 is 5.32 Å². The standard InChI is InChI=1S/C21H17FN6O3S/c1-11-8-16(27-31-11)19(29)24-21-23-14-6-7-28(10-18(14)32-21)20(30)17-9-15(25-26-17)12-2-4-13(22)5-3-12/h2-5,8-9H,6-7,10H2,1H3,(H,25,26)(H,23,24,29). The summed E-state index contributed by atoms with van der Waals surface area (Å²) in [6.45, 7) is 2.59. The van der Waals surface area contributed by atoms with Crippen molar-refractivity contribution in [2.75, 3.05) is 11.9 Å². The Hall–Kier alpha value is -3.86. The fourth-order valence-electron chi connectivity index (χ4n) is 3.43. The minimum atomic E-state index is -0.397. The summed E-state index contributed by atoms with van der Waals surface area (Å²) < 4.78 is 18.1. The summed E-state index contributed by atoms with van der Waals surface area (Å²) in [4.78, 5) is 32.3. The lowest BCUT2D eigenvalue weighted by Gasteiger charge is -2.25. The van der Waals surface area contributed by atoms with Crippen LogP contribution >= 0.6 is 11.3 Å². The summed E-state index contributed by atoms with van der Waals surface area (Å²) >= 11 is 1.33. The van der Waals surface area contributed by atoms with Crippen molar-refractivity contribution >= 4 is 28.3 Å². The summed E-state index contributed by atoms with van der Waals surface area (Å²) in [7, 11) is 0. The first-order valence-electron chi connectivity index (χ1n) is 9.80. The maximum atomic E-state index is 13.1. The molecule has 0 radical (unpaired) electrons. The minimum Gasteiger partial charge on any atom is -0.361 e. The van der Waals surface area contributed by atoms with E-state index in [-0.39, 0.29) is 17.4 Å². The van der Waals surface area contributed by atoms with Crippen LogP contribution in [0.15, 0.2) is 40.9 Å². The number of fused-ring (bicyclic) bond motifs is 1. The van der Waals surface area contributed by atoms with Crippen LogP contribution in [-0.4, -0.2) is 43.6 Å². The predicted molar refractivity (Wildman–Crippen MR) is 114 cm³/mol. The molecule has 0 aliphatic carbocycles. The number of aromatic nitrogens is 4. The molecular formula is C21H17FN6O3S. The van der Waals surface area contributed by atoms with Crippen LogP contribution in [0.5, 0.6) is 0 Å². The molecule has 1 aromatic carbocycles. The number of carbonyl (C=O) groups is 2. The lowest BCUT2D eigenvalue weighted by molar-refractivity contribution is 0.0730. The Bertz CT molecular complexity index is 1310. The number of nitrogens with zero attached hydrogens (tertiary/aromatic N) is 4. The number of H-pyrrole nitrogens is 1. The van der Waals surface area contributed by atoms with E-state index < -0.39 is 5.91 Å². The van der Waals surface area contributed by atoms with Crippen molar-refractivity contribution in [2.45, 2.75) is 19.9 Å². The van der Waals surface area contributed by atoms with Crippen LogP contribution in [0.1, 0.15) is 37.3 Å². The highest BCUT2D eigenvalue weighted by Gasteiger charge is 2.27. The number of halogens is 1. The van der Waals surface area contributed by atoms with Gasteiger partial charge >= 0.3 is 0 Å². The van der Waals surface area contributed by atoms with Crippen LogP contribution in [0, 0.1) is 12.7 Å². The predicted octanol–water partition coefficient (Wildman–Crippen LogP) is 3.42. The lowest BCUT2D eigenvalue weighted by atomic mass is 10.1. The largest absolute Gasteiger partial charge is 0.361 e. The van der Waals surface area contributed by atoms with E-state index in [2.05, 4.69) is 25.7 Å². The van der Waals surface area contributed by atoms with Crippen molar-refractivity contribution in [2.24, 2.45) is 0 Å². The molecule has 0 bridgehead atoms. The Labute approximate surface area is 185 Å². The first-order chi connectivity index (χ1) is 15.5.